The number of ketones is 1. The van der Waals surface area contributed by atoms with Crippen molar-refractivity contribution < 1.29 is 18.3 Å². The molecule has 0 spiro atoms. The summed E-state index contributed by atoms with van der Waals surface area (Å²) in [5.41, 5.74) is 2.71. The normalized spacial score (nSPS) is 11.0. The number of halogens is 1. The van der Waals surface area contributed by atoms with E-state index in [1.807, 2.05) is 32.0 Å². The van der Waals surface area contributed by atoms with Gasteiger partial charge in [-0.3, -0.25) is 4.79 Å². The zero-order chi connectivity index (χ0) is 18.5. The molecule has 0 amide bonds. The van der Waals surface area contributed by atoms with Gasteiger partial charge in [0.15, 0.2) is 5.78 Å². The molecule has 2 aromatic carbocycles. The fraction of sp³-hybridized carbons (Fsp3) is 0.136. The highest BCUT2D eigenvalue weighted by Crippen LogP contribution is 2.19. The fourth-order valence-corrected chi connectivity index (χ4v) is 2.60. The van der Waals surface area contributed by atoms with Gasteiger partial charge in [-0.15, -0.1) is 0 Å². The van der Waals surface area contributed by atoms with Crippen molar-refractivity contribution in [1.29, 1.82) is 0 Å². The fourth-order valence-electron chi connectivity index (χ4n) is 2.60. The van der Waals surface area contributed by atoms with E-state index >= 15 is 0 Å². The number of rotatable bonds is 6. The first-order valence-electron chi connectivity index (χ1n) is 8.27. The van der Waals surface area contributed by atoms with Crippen LogP contribution in [-0.4, -0.2) is 5.78 Å². The van der Waals surface area contributed by atoms with E-state index in [-0.39, 0.29) is 11.6 Å². The number of carbonyl (C=O) groups excluding carboxylic acids is 1. The molecule has 0 unspecified atom stereocenters. The van der Waals surface area contributed by atoms with Crippen molar-refractivity contribution >= 4 is 11.9 Å². The number of furan rings is 1. The average Bonchev–Trinajstić information content (AvgIpc) is 3.06. The average molecular weight is 350 g/mol. The van der Waals surface area contributed by atoms with Crippen molar-refractivity contribution in [2.24, 2.45) is 0 Å². The third-order valence-electron chi connectivity index (χ3n) is 3.79. The van der Waals surface area contributed by atoms with Crippen LogP contribution in [0, 0.1) is 19.7 Å². The molecular weight excluding hydrogens is 331 g/mol. The molecule has 26 heavy (non-hydrogen) atoms. The smallest absolute Gasteiger partial charge is 0.185 e. The van der Waals surface area contributed by atoms with Crippen LogP contribution in [0.2, 0.25) is 0 Å². The molecule has 0 aliphatic rings. The van der Waals surface area contributed by atoms with Crippen LogP contribution in [0.3, 0.4) is 0 Å². The lowest BCUT2D eigenvalue weighted by atomic mass is 10.1. The van der Waals surface area contributed by atoms with Gasteiger partial charge in [-0.05, 0) is 85.7 Å². The molecule has 132 valence electrons. The van der Waals surface area contributed by atoms with Gasteiger partial charge >= 0.3 is 0 Å². The number of carbonyl (C=O) groups is 1. The third kappa shape index (κ3) is 4.70. The van der Waals surface area contributed by atoms with E-state index in [0.717, 1.165) is 16.9 Å². The van der Waals surface area contributed by atoms with Crippen molar-refractivity contribution in [1.82, 2.24) is 0 Å². The topological polar surface area (TPSA) is 39.4 Å². The number of benzene rings is 2. The second kappa shape index (κ2) is 7.83. The molecule has 0 atom stereocenters. The Kier molecular flexibility index (Phi) is 5.32. The largest absolute Gasteiger partial charge is 0.486 e. The van der Waals surface area contributed by atoms with Crippen molar-refractivity contribution in [3.05, 3.63) is 94.7 Å². The molecule has 0 N–H and O–H groups in total. The maximum atomic E-state index is 12.9. The van der Waals surface area contributed by atoms with Gasteiger partial charge in [0, 0.05) is 5.56 Å². The van der Waals surface area contributed by atoms with Crippen molar-refractivity contribution in [3.8, 4) is 5.75 Å². The summed E-state index contributed by atoms with van der Waals surface area (Å²) in [5.74, 6) is 1.43. The van der Waals surface area contributed by atoms with Gasteiger partial charge in [-0.1, -0.05) is 6.07 Å². The molecule has 3 nitrogen and oxygen atoms in total. The standard InChI is InChI=1S/C22H19FO3/c1-15-11-16(2)13-21(12-15)25-14-20-8-7-19(26-20)9-10-22(24)17-3-5-18(23)6-4-17/h3-13H,14H2,1-2H3/b10-9+. The van der Waals surface area contributed by atoms with Crippen LogP contribution in [0.15, 0.2) is 65.1 Å². The Labute approximate surface area is 151 Å². The molecule has 3 aromatic rings. The molecule has 0 aliphatic carbocycles. The molecule has 0 saturated carbocycles. The first-order valence-corrected chi connectivity index (χ1v) is 8.27. The highest BCUT2D eigenvalue weighted by molar-refractivity contribution is 6.06. The van der Waals surface area contributed by atoms with Crippen molar-refractivity contribution in [2.75, 3.05) is 0 Å². The molecule has 1 aromatic heterocycles. The summed E-state index contributed by atoms with van der Waals surface area (Å²) in [4.78, 5) is 12.0. The van der Waals surface area contributed by atoms with Crippen LogP contribution in [-0.2, 0) is 6.61 Å². The second-order valence-electron chi connectivity index (χ2n) is 6.12. The lowest BCUT2D eigenvalue weighted by Crippen LogP contribution is -1.94. The van der Waals surface area contributed by atoms with Crippen LogP contribution in [0.1, 0.15) is 33.0 Å². The summed E-state index contributed by atoms with van der Waals surface area (Å²) in [7, 11) is 0. The van der Waals surface area contributed by atoms with E-state index in [1.165, 1.54) is 30.3 Å². The first-order chi connectivity index (χ1) is 12.5. The summed E-state index contributed by atoms with van der Waals surface area (Å²) >= 11 is 0. The lowest BCUT2D eigenvalue weighted by Gasteiger charge is -2.06. The minimum atomic E-state index is -0.370. The van der Waals surface area contributed by atoms with Crippen LogP contribution in [0.4, 0.5) is 4.39 Å². The number of hydrogen-bond donors (Lipinski definition) is 0. The molecule has 3 rings (SSSR count). The van der Waals surface area contributed by atoms with Crippen LogP contribution < -0.4 is 4.74 Å². The highest BCUT2D eigenvalue weighted by atomic mass is 19.1. The Hall–Kier alpha value is -3.14. The number of allylic oxidation sites excluding steroid dienone is 1. The molecule has 0 aliphatic heterocycles. The summed E-state index contributed by atoms with van der Waals surface area (Å²) in [6.45, 7) is 4.35. The summed E-state index contributed by atoms with van der Waals surface area (Å²) in [6, 6.07) is 15.0. The maximum Gasteiger partial charge on any atom is 0.185 e. The zero-order valence-electron chi connectivity index (χ0n) is 14.7. The third-order valence-corrected chi connectivity index (χ3v) is 3.79. The first kappa shape index (κ1) is 17.7. The summed E-state index contributed by atoms with van der Waals surface area (Å²) < 4.78 is 24.3. The van der Waals surface area contributed by atoms with Crippen LogP contribution in [0.5, 0.6) is 5.75 Å². The Morgan fingerprint density at radius 2 is 1.73 bits per heavy atom. The summed E-state index contributed by atoms with van der Waals surface area (Å²) in [6.07, 6.45) is 2.99. The van der Waals surface area contributed by atoms with Gasteiger partial charge in [0.05, 0.1) is 0 Å². The predicted octanol–water partition coefficient (Wildman–Crippen LogP) is 5.51. The Bertz CT molecular complexity index is 916. The quantitative estimate of drug-likeness (QED) is 0.435. The van der Waals surface area contributed by atoms with E-state index < -0.39 is 0 Å². The van der Waals surface area contributed by atoms with E-state index in [9.17, 15) is 9.18 Å². The molecule has 0 saturated heterocycles. The van der Waals surface area contributed by atoms with Gasteiger partial charge < -0.3 is 9.15 Å². The number of ether oxygens (including phenoxy) is 1. The minimum absolute atomic E-state index is 0.213. The molecule has 1 heterocycles. The molecule has 0 radical (unpaired) electrons. The Morgan fingerprint density at radius 3 is 2.42 bits per heavy atom. The SMILES string of the molecule is Cc1cc(C)cc(OCc2ccc(/C=C/C(=O)c3ccc(F)cc3)o2)c1. The minimum Gasteiger partial charge on any atom is -0.486 e. The number of hydrogen-bond acceptors (Lipinski definition) is 3. The van der Waals surface area contributed by atoms with Gasteiger partial charge in [0.25, 0.3) is 0 Å². The Morgan fingerprint density at radius 1 is 1.04 bits per heavy atom. The van der Waals surface area contributed by atoms with Gasteiger partial charge in [0.1, 0.15) is 29.7 Å². The molecular formula is C22H19FO3. The predicted molar refractivity (Wildman–Crippen MR) is 98.7 cm³/mol. The Balaban J connectivity index is 1.60. The van der Waals surface area contributed by atoms with Gasteiger partial charge in [-0.25, -0.2) is 4.39 Å². The second-order valence-corrected chi connectivity index (χ2v) is 6.12. The van der Waals surface area contributed by atoms with Crippen molar-refractivity contribution in [3.63, 3.8) is 0 Å². The van der Waals surface area contributed by atoms with E-state index in [0.29, 0.717) is 23.7 Å². The lowest BCUT2D eigenvalue weighted by molar-refractivity contribution is 0.104. The van der Waals surface area contributed by atoms with Crippen LogP contribution in [0.25, 0.3) is 6.08 Å². The van der Waals surface area contributed by atoms with E-state index in [2.05, 4.69) is 6.07 Å². The summed E-state index contributed by atoms with van der Waals surface area (Å²) in [5, 5.41) is 0. The maximum absolute atomic E-state index is 12.9. The van der Waals surface area contributed by atoms with Gasteiger partial charge in [0.2, 0.25) is 0 Å². The van der Waals surface area contributed by atoms with Crippen molar-refractivity contribution in [2.45, 2.75) is 20.5 Å². The van der Waals surface area contributed by atoms with Crippen LogP contribution >= 0.6 is 0 Å². The highest BCUT2D eigenvalue weighted by Gasteiger charge is 2.05. The molecule has 4 heteroatoms. The van der Waals surface area contributed by atoms with E-state index in [4.69, 9.17) is 9.15 Å². The van der Waals surface area contributed by atoms with E-state index in [1.54, 1.807) is 12.1 Å². The molecule has 0 bridgehead atoms. The number of aryl methyl sites for hydroxylation is 2. The molecule has 0 fully saturated rings. The van der Waals surface area contributed by atoms with Gasteiger partial charge in [-0.2, -0.15) is 0 Å². The zero-order valence-corrected chi connectivity index (χ0v) is 14.7. The monoisotopic (exact) mass is 350 g/mol.